The van der Waals surface area contributed by atoms with Gasteiger partial charge in [-0.15, -0.1) is 11.3 Å². The van der Waals surface area contributed by atoms with Gasteiger partial charge in [-0.3, -0.25) is 0 Å². The van der Waals surface area contributed by atoms with E-state index >= 15 is 0 Å². The molecule has 1 saturated carbocycles. The lowest BCUT2D eigenvalue weighted by Crippen LogP contribution is -2.35. The highest BCUT2D eigenvalue weighted by atomic mass is 32.2. The monoisotopic (exact) mass is 305 g/mol. The Hall–Kier alpha value is -0.470. The van der Waals surface area contributed by atoms with Crippen molar-refractivity contribution in [2.45, 2.75) is 37.3 Å². The van der Waals surface area contributed by atoms with E-state index in [-0.39, 0.29) is 12.6 Å². The maximum Gasteiger partial charge on any atom is 0.244 e. The normalized spacial score (nSPS) is 16.2. The Morgan fingerprint density at radius 1 is 1.53 bits per heavy atom. The number of thiophene rings is 1. The second kappa shape index (κ2) is 5.88. The zero-order valence-electron chi connectivity index (χ0n) is 11.1. The van der Waals surface area contributed by atoms with Crippen LogP contribution in [0.5, 0.6) is 0 Å². The van der Waals surface area contributed by atoms with E-state index in [1.807, 2.05) is 0 Å². The Bertz CT molecular complexity index is 534. The van der Waals surface area contributed by atoms with Crippen LogP contribution in [0.4, 0.5) is 0 Å². The molecule has 1 aromatic heterocycles. The van der Waals surface area contributed by atoms with Gasteiger partial charge in [-0.25, -0.2) is 8.42 Å². The molecule has 1 aliphatic carbocycles. The van der Waals surface area contributed by atoms with Gasteiger partial charge in [0, 0.05) is 29.5 Å². The topological polar surface area (TPSA) is 66.8 Å². The van der Waals surface area contributed by atoms with Crippen LogP contribution >= 0.6 is 11.3 Å². The molecular formula is C12H19NO4S2. The molecule has 0 saturated heterocycles. The Morgan fingerprint density at radius 3 is 2.68 bits per heavy atom. The van der Waals surface area contributed by atoms with Crippen LogP contribution in [0.2, 0.25) is 0 Å². The molecule has 2 rings (SSSR count). The predicted octanol–water partition coefficient (Wildman–Crippen LogP) is 1.35. The third kappa shape index (κ3) is 3.17. The quantitative estimate of drug-likeness (QED) is 0.826. The van der Waals surface area contributed by atoms with Gasteiger partial charge >= 0.3 is 0 Å². The summed E-state index contributed by atoms with van der Waals surface area (Å²) in [6, 6.07) is 1.69. The first kappa shape index (κ1) is 14.9. The number of methoxy groups -OCH3 is 1. The summed E-state index contributed by atoms with van der Waals surface area (Å²) in [5.74, 6) is 0. The van der Waals surface area contributed by atoms with Crippen molar-refractivity contribution in [3.8, 4) is 0 Å². The second-order valence-electron chi connectivity index (χ2n) is 4.63. The fourth-order valence-corrected chi connectivity index (χ4v) is 5.16. The highest BCUT2D eigenvalue weighted by Gasteiger charge is 2.38. The van der Waals surface area contributed by atoms with Crippen LogP contribution in [0.1, 0.15) is 22.6 Å². The van der Waals surface area contributed by atoms with Gasteiger partial charge in [-0.2, -0.15) is 4.31 Å². The summed E-state index contributed by atoms with van der Waals surface area (Å²) < 4.78 is 31.9. The SMILES string of the molecule is COCCN(C1CC1)S(=O)(=O)c1cc(CO)sc1C. The zero-order valence-corrected chi connectivity index (χ0v) is 12.8. The minimum absolute atomic E-state index is 0.108. The minimum Gasteiger partial charge on any atom is -0.391 e. The fourth-order valence-electron chi connectivity index (χ4n) is 2.03. The van der Waals surface area contributed by atoms with Crippen LogP contribution < -0.4 is 0 Å². The highest BCUT2D eigenvalue weighted by molar-refractivity contribution is 7.89. The molecule has 1 N–H and O–H groups in total. The molecule has 0 spiro atoms. The Labute approximate surface area is 117 Å². The van der Waals surface area contributed by atoms with Gasteiger partial charge in [-0.1, -0.05) is 0 Å². The van der Waals surface area contributed by atoms with Gasteiger partial charge < -0.3 is 9.84 Å². The third-order valence-electron chi connectivity index (χ3n) is 3.14. The Kier molecular flexibility index (Phi) is 4.62. The van der Waals surface area contributed by atoms with Crippen molar-refractivity contribution >= 4 is 21.4 Å². The molecule has 0 unspecified atom stereocenters. The number of hydrogen-bond donors (Lipinski definition) is 1. The van der Waals surface area contributed by atoms with Crippen molar-refractivity contribution in [3.05, 3.63) is 15.8 Å². The number of nitrogens with zero attached hydrogens (tertiary/aromatic N) is 1. The number of ether oxygens (including phenoxy) is 1. The zero-order chi connectivity index (χ0) is 14.0. The van der Waals surface area contributed by atoms with E-state index in [1.165, 1.54) is 15.6 Å². The fraction of sp³-hybridized carbons (Fsp3) is 0.667. The molecular weight excluding hydrogens is 286 g/mol. The summed E-state index contributed by atoms with van der Waals surface area (Å²) in [6.45, 7) is 2.43. The number of hydrogen-bond acceptors (Lipinski definition) is 5. The van der Waals surface area contributed by atoms with Crippen molar-refractivity contribution in [2.24, 2.45) is 0 Å². The number of sulfonamides is 1. The van der Waals surface area contributed by atoms with E-state index in [0.717, 1.165) is 17.7 Å². The summed E-state index contributed by atoms with van der Waals surface area (Å²) in [6.07, 6.45) is 1.83. The number of aliphatic hydroxyl groups is 1. The largest absolute Gasteiger partial charge is 0.391 e. The van der Waals surface area contributed by atoms with Crippen molar-refractivity contribution in [1.29, 1.82) is 0 Å². The molecule has 0 radical (unpaired) electrons. The summed E-state index contributed by atoms with van der Waals surface area (Å²) in [5.41, 5.74) is 0. The molecule has 5 nitrogen and oxygen atoms in total. The van der Waals surface area contributed by atoms with Crippen molar-refractivity contribution in [2.75, 3.05) is 20.3 Å². The van der Waals surface area contributed by atoms with E-state index in [9.17, 15) is 8.42 Å². The van der Waals surface area contributed by atoms with Crippen LogP contribution in [-0.2, 0) is 21.4 Å². The highest BCUT2D eigenvalue weighted by Crippen LogP contribution is 2.35. The van der Waals surface area contributed by atoms with Gasteiger partial charge in [0.1, 0.15) is 0 Å². The first-order chi connectivity index (χ1) is 9.00. The number of rotatable bonds is 7. The van der Waals surface area contributed by atoms with E-state index in [2.05, 4.69) is 0 Å². The maximum absolute atomic E-state index is 12.7. The molecule has 1 fully saturated rings. The van der Waals surface area contributed by atoms with E-state index in [1.54, 1.807) is 20.1 Å². The van der Waals surface area contributed by atoms with Crippen molar-refractivity contribution in [1.82, 2.24) is 4.31 Å². The van der Waals surface area contributed by atoms with Crippen LogP contribution in [0, 0.1) is 6.92 Å². The average molecular weight is 305 g/mol. The summed E-state index contributed by atoms with van der Waals surface area (Å²) in [4.78, 5) is 1.73. The molecule has 0 bridgehead atoms. The van der Waals surface area contributed by atoms with Gasteiger partial charge in [0.15, 0.2) is 0 Å². The molecule has 1 aromatic rings. The molecule has 1 aliphatic rings. The first-order valence-electron chi connectivity index (χ1n) is 6.21. The van der Waals surface area contributed by atoms with E-state index < -0.39 is 10.0 Å². The van der Waals surface area contributed by atoms with Crippen LogP contribution in [0.3, 0.4) is 0 Å². The van der Waals surface area contributed by atoms with Gasteiger partial charge in [0.05, 0.1) is 18.1 Å². The second-order valence-corrected chi connectivity index (χ2v) is 7.83. The minimum atomic E-state index is -3.48. The molecule has 0 atom stereocenters. The van der Waals surface area contributed by atoms with E-state index in [0.29, 0.717) is 22.9 Å². The molecule has 0 aromatic carbocycles. The van der Waals surface area contributed by atoms with Gasteiger partial charge in [0.2, 0.25) is 10.0 Å². The standard InChI is InChI=1S/C12H19NO4S2/c1-9-12(7-11(8-14)18-9)19(15,16)13(5-6-17-2)10-3-4-10/h7,10,14H,3-6,8H2,1-2H3. The van der Waals surface area contributed by atoms with Gasteiger partial charge in [0.25, 0.3) is 0 Å². The van der Waals surface area contributed by atoms with Gasteiger partial charge in [-0.05, 0) is 25.8 Å². The lowest BCUT2D eigenvalue weighted by Gasteiger charge is -2.21. The number of aryl methyl sites for hydroxylation is 1. The predicted molar refractivity (Wildman–Crippen MR) is 73.8 cm³/mol. The summed E-state index contributed by atoms with van der Waals surface area (Å²) in [7, 11) is -1.91. The maximum atomic E-state index is 12.7. The van der Waals surface area contributed by atoms with Crippen LogP contribution in [0.25, 0.3) is 0 Å². The third-order valence-corrected chi connectivity index (χ3v) is 6.38. The Balaban J connectivity index is 2.30. The molecule has 7 heteroatoms. The lowest BCUT2D eigenvalue weighted by atomic mass is 10.4. The molecule has 0 amide bonds. The molecule has 1 heterocycles. The lowest BCUT2D eigenvalue weighted by molar-refractivity contribution is 0.177. The van der Waals surface area contributed by atoms with Crippen molar-refractivity contribution < 1.29 is 18.3 Å². The van der Waals surface area contributed by atoms with Crippen molar-refractivity contribution in [3.63, 3.8) is 0 Å². The summed E-state index contributed by atoms with van der Waals surface area (Å²) in [5, 5.41) is 9.12. The molecule has 108 valence electrons. The molecule has 0 aliphatic heterocycles. The van der Waals surface area contributed by atoms with E-state index in [4.69, 9.17) is 9.84 Å². The Morgan fingerprint density at radius 2 is 2.21 bits per heavy atom. The number of aliphatic hydroxyl groups excluding tert-OH is 1. The van der Waals surface area contributed by atoms with Crippen LogP contribution in [0.15, 0.2) is 11.0 Å². The van der Waals surface area contributed by atoms with Crippen LogP contribution in [-0.4, -0.2) is 44.1 Å². The first-order valence-corrected chi connectivity index (χ1v) is 8.47. The molecule has 19 heavy (non-hydrogen) atoms. The average Bonchev–Trinajstić information content (AvgIpc) is 3.11. The smallest absolute Gasteiger partial charge is 0.244 e. The summed E-state index contributed by atoms with van der Waals surface area (Å²) >= 11 is 1.33.